The van der Waals surface area contributed by atoms with Gasteiger partial charge in [-0.1, -0.05) is 11.6 Å². The second-order valence-corrected chi connectivity index (χ2v) is 6.25. The smallest absolute Gasteiger partial charge is 0.325 e. The van der Waals surface area contributed by atoms with E-state index in [1.165, 1.54) is 17.1 Å². The molecule has 3 heterocycles. The second kappa shape index (κ2) is 7.00. The molecule has 0 aliphatic carbocycles. The van der Waals surface area contributed by atoms with E-state index < -0.39 is 5.97 Å². The average molecular weight is 349 g/mol. The van der Waals surface area contributed by atoms with Crippen molar-refractivity contribution in [2.45, 2.75) is 25.3 Å². The van der Waals surface area contributed by atoms with Crippen molar-refractivity contribution in [3.05, 3.63) is 47.0 Å². The molecule has 3 rings (SSSR count). The van der Waals surface area contributed by atoms with Crippen molar-refractivity contribution in [1.29, 1.82) is 0 Å². The molecule has 7 nitrogen and oxygen atoms in total. The summed E-state index contributed by atoms with van der Waals surface area (Å²) in [5.41, 5.74) is 1.29. The maximum Gasteiger partial charge on any atom is 0.325 e. The molecule has 2 aromatic heterocycles. The molecule has 0 bridgehead atoms. The van der Waals surface area contributed by atoms with Crippen LogP contribution in [0, 0.1) is 0 Å². The van der Waals surface area contributed by atoms with Crippen LogP contribution in [-0.2, 0) is 11.3 Å². The minimum absolute atomic E-state index is 0.0975. The molecule has 1 aliphatic rings. The number of halogens is 1. The lowest BCUT2D eigenvalue weighted by atomic mass is 9.94. The van der Waals surface area contributed by atoms with E-state index >= 15 is 0 Å². The molecular weight excluding hydrogens is 332 g/mol. The van der Waals surface area contributed by atoms with Gasteiger partial charge in [0.2, 0.25) is 0 Å². The summed E-state index contributed by atoms with van der Waals surface area (Å²) in [5.74, 6) is -0.928. The maximum absolute atomic E-state index is 12.6. The quantitative estimate of drug-likeness (QED) is 0.913. The third-order valence-electron chi connectivity index (χ3n) is 4.04. The molecule has 0 saturated carbocycles. The number of carbonyl (C=O) groups is 2. The van der Waals surface area contributed by atoms with Crippen molar-refractivity contribution in [2.75, 3.05) is 13.1 Å². The molecule has 1 N–H and O–H groups in total. The van der Waals surface area contributed by atoms with Crippen molar-refractivity contribution in [1.82, 2.24) is 19.7 Å². The Bertz CT molecular complexity index is 761. The number of carbonyl (C=O) groups excluding carboxylic acids is 1. The second-order valence-electron chi connectivity index (χ2n) is 5.81. The zero-order chi connectivity index (χ0) is 17.1. The Balaban J connectivity index is 1.71. The molecule has 2 aromatic rings. The Morgan fingerprint density at radius 3 is 2.96 bits per heavy atom. The number of rotatable bonds is 4. The molecule has 24 heavy (non-hydrogen) atoms. The van der Waals surface area contributed by atoms with Gasteiger partial charge in [0.1, 0.15) is 6.54 Å². The van der Waals surface area contributed by atoms with Crippen LogP contribution >= 0.6 is 11.6 Å². The van der Waals surface area contributed by atoms with E-state index in [4.69, 9.17) is 16.7 Å². The average Bonchev–Trinajstić information content (AvgIpc) is 3.02. The van der Waals surface area contributed by atoms with Gasteiger partial charge in [-0.3, -0.25) is 19.3 Å². The van der Waals surface area contributed by atoms with Crippen LogP contribution in [-0.4, -0.2) is 49.7 Å². The van der Waals surface area contributed by atoms with E-state index in [1.54, 1.807) is 17.2 Å². The molecule has 1 atom stereocenters. The first-order chi connectivity index (χ1) is 11.5. The van der Waals surface area contributed by atoms with Gasteiger partial charge in [-0.15, -0.1) is 0 Å². The SMILES string of the molecule is O=C(O)Cn1ccc([C@@H]2CCCN(C(=O)c3cncc(Cl)c3)C2)n1. The zero-order valence-corrected chi connectivity index (χ0v) is 13.7. The Kier molecular flexibility index (Phi) is 4.80. The molecule has 8 heteroatoms. The largest absolute Gasteiger partial charge is 0.480 e. The first-order valence-corrected chi connectivity index (χ1v) is 8.05. The van der Waals surface area contributed by atoms with E-state index in [2.05, 4.69) is 10.1 Å². The van der Waals surface area contributed by atoms with Gasteiger partial charge in [0.05, 0.1) is 16.3 Å². The number of amides is 1. The molecule has 0 radical (unpaired) electrons. The van der Waals surface area contributed by atoms with E-state index in [-0.39, 0.29) is 18.4 Å². The fraction of sp³-hybridized carbons (Fsp3) is 0.375. The molecule has 1 fully saturated rings. The molecule has 0 spiro atoms. The standard InChI is InChI=1S/C16H17ClN4O3/c17-13-6-12(7-18-8-13)16(24)20-4-1-2-11(9-20)14-3-5-21(19-14)10-15(22)23/h3,5-8,11H,1-2,4,9-10H2,(H,22,23)/t11-/m1/s1. The van der Waals surface area contributed by atoms with Crippen molar-refractivity contribution in [3.8, 4) is 0 Å². The van der Waals surface area contributed by atoms with Crippen molar-refractivity contribution in [3.63, 3.8) is 0 Å². The Morgan fingerprint density at radius 1 is 1.38 bits per heavy atom. The van der Waals surface area contributed by atoms with Gasteiger partial charge >= 0.3 is 5.97 Å². The van der Waals surface area contributed by atoms with E-state index in [0.29, 0.717) is 23.7 Å². The van der Waals surface area contributed by atoms with E-state index in [1.807, 2.05) is 6.07 Å². The predicted molar refractivity (Wildman–Crippen MR) is 87.0 cm³/mol. The van der Waals surface area contributed by atoms with Crippen LogP contribution in [0.3, 0.4) is 0 Å². The first kappa shape index (κ1) is 16.4. The summed E-state index contributed by atoms with van der Waals surface area (Å²) < 4.78 is 1.40. The molecule has 1 saturated heterocycles. The van der Waals surface area contributed by atoms with Crippen LogP contribution in [0.2, 0.25) is 5.02 Å². The van der Waals surface area contributed by atoms with Crippen LogP contribution in [0.15, 0.2) is 30.7 Å². The number of hydrogen-bond donors (Lipinski definition) is 1. The van der Waals surface area contributed by atoms with Gasteiger partial charge in [0.25, 0.3) is 5.91 Å². The number of hydrogen-bond acceptors (Lipinski definition) is 4. The minimum atomic E-state index is -0.932. The Hall–Kier alpha value is -2.41. The normalized spacial score (nSPS) is 17.7. The minimum Gasteiger partial charge on any atom is -0.480 e. The van der Waals surface area contributed by atoms with Gasteiger partial charge < -0.3 is 10.0 Å². The van der Waals surface area contributed by atoms with Crippen LogP contribution in [0.5, 0.6) is 0 Å². The maximum atomic E-state index is 12.6. The number of nitrogens with zero attached hydrogens (tertiary/aromatic N) is 4. The zero-order valence-electron chi connectivity index (χ0n) is 12.9. The van der Waals surface area contributed by atoms with Gasteiger partial charge in [0, 0.05) is 37.6 Å². The topological polar surface area (TPSA) is 88.3 Å². The van der Waals surface area contributed by atoms with E-state index in [9.17, 15) is 9.59 Å². The number of piperidine rings is 1. The van der Waals surface area contributed by atoms with Crippen LogP contribution in [0.1, 0.15) is 34.8 Å². The summed E-state index contributed by atoms with van der Waals surface area (Å²) in [6.45, 7) is 1.07. The van der Waals surface area contributed by atoms with Crippen LogP contribution in [0.25, 0.3) is 0 Å². The molecule has 1 amide bonds. The monoisotopic (exact) mass is 348 g/mol. The Labute approximate surface area is 143 Å². The Morgan fingerprint density at radius 2 is 2.21 bits per heavy atom. The number of carboxylic acid groups (broad SMARTS) is 1. The van der Waals surface area contributed by atoms with Crippen molar-refractivity contribution < 1.29 is 14.7 Å². The lowest BCUT2D eigenvalue weighted by molar-refractivity contribution is -0.137. The third-order valence-corrected chi connectivity index (χ3v) is 4.24. The highest BCUT2D eigenvalue weighted by Crippen LogP contribution is 2.26. The third kappa shape index (κ3) is 3.73. The highest BCUT2D eigenvalue weighted by molar-refractivity contribution is 6.30. The summed E-state index contributed by atoms with van der Waals surface area (Å²) in [6, 6.07) is 3.44. The molecule has 0 unspecified atom stereocenters. The number of aliphatic carboxylic acids is 1. The van der Waals surface area contributed by atoms with Gasteiger partial charge in [-0.25, -0.2) is 0 Å². The molecular formula is C16H17ClN4O3. The molecule has 1 aliphatic heterocycles. The predicted octanol–water partition coefficient (Wildman–Crippen LogP) is 2.04. The summed E-state index contributed by atoms with van der Waals surface area (Å²) in [6.07, 6.45) is 6.45. The van der Waals surface area contributed by atoms with E-state index in [0.717, 1.165) is 18.5 Å². The number of pyridine rings is 1. The summed E-state index contributed by atoms with van der Waals surface area (Å²) >= 11 is 5.90. The van der Waals surface area contributed by atoms with Crippen molar-refractivity contribution in [2.24, 2.45) is 0 Å². The van der Waals surface area contributed by atoms with Gasteiger partial charge in [-0.2, -0.15) is 5.10 Å². The highest BCUT2D eigenvalue weighted by atomic mass is 35.5. The first-order valence-electron chi connectivity index (χ1n) is 7.68. The van der Waals surface area contributed by atoms with Crippen molar-refractivity contribution >= 4 is 23.5 Å². The molecule has 0 aromatic carbocycles. The van der Waals surface area contributed by atoms with Crippen LogP contribution in [0.4, 0.5) is 0 Å². The number of likely N-dealkylation sites (tertiary alicyclic amines) is 1. The lowest BCUT2D eigenvalue weighted by Crippen LogP contribution is -2.39. The fourth-order valence-corrected chi connectivity index (χ4v) is 3.11. The highest BCUT2D eigenvalue weighted by Gasteiger charge is 2.27. The van der Waals surface area contributed by atoms with Gasteiger partial charge in [-0.05, 0) is 25.0 Å². The van der Waals surface area contributed by atoms with Crippen LogP contribution < -0.4 is 0 Å². The number of carboxylic acids is 1. The molecule has 126 valence electrons. The summed E-state index contributed by atoms with van der Waals surface area (Å²) in [7, 11) is 0. The summed E-state index contributed by atoms with van der Waals surface area (Å²) in [4.78, 5) is 29.1. The summed E-state index contributed by atoms with van der Waals surface area (Å²) in [5, 5.41) is 13.6. The van der Waals surface area contributed by atoms with Gasteiger partial charge in [0.15, 0.2) is 0 Å². The fourth-order valence-electron chi connectivity index (χ4n) is 2.94. The lowest BCUT2D eigenvalue weighted by Gasteiger charge is -2.32. The number of aromatic nitrogens is 3.